The lowest BCUT2D eigenvalue weighted by Crippen LogP contribution is -2.15. The first kappa shape index (κ1) is 19.9. The van der Waals surface area contributed by atoms with Gasteiger partial charge in [-0.15, -0.1) is 0 Å². The highest BCUT2D eigenvalue weighted by atomic mass is 16.1. The maximum absolute atomic E-state index is 12.5. The van der Waals surface area contributed by atoms with Crippen LogP contribution in [0, 0.1) is 18.3 Å². The van der Waals surface area contributed by atoms with Crippen molar-refractivity contribution in [1.29, 1.82) is 5.26 Å². The zero-order valence-corrected chi connectivity index (χ0v) is 16.9. The summed E-state index contributed by atoms with van der Waals surface area (Å²) in [5, 5.41) is 12.4. The first-order valence-electron chi connectivity index (χ1n) is 9.76. The summed E-state index contributed by atoms with van der Waals surface area (Å²) in [5.74, 6) is 0.267. The number of carbonyl (C=O) groups excluding carboxylic acids is 1. The van der Waals surface area contributed by atoms with Crippen molar-refractivity contribution in [3.63, 3.8) is 0 Å². The van der Waals surface area contributed by atoms with Gasteiger partial charge in [0, 0.05) is 29.8 Å². The van der Waals surface area contributed by atoms with Crippen molar-refractivity contribution in [1.82, 2.24) is 15.0 Å². The van der Waals surface area contributed by atoms with E-state index in [1.54, 1.807) is 30.7 Å². The largest absolute Gasteiger partial charge is 0.310 e. The fraction of sp³-hybridized carbons (Fsp3) is 0.0800. The van der Waals surface area contributed by atoms with E-state index in [9.17, 15) is 10.1 Å². The van der Waals surface area contributed by atoms with Gasteiger partial charge in [-0.1, -0.05) is 18.2 Å². The van der Waals surface area contributed by atoms with Crippen LogP contribution in [-0.4, -0.2) is 20.9 Å². The number of carbonyl (C=O) groups is 1. The summed E-state index contributed by atoms with van der Waals surface area (Å²) in [4.78, 5) is 25.3. The van der Waals surface area contributed by atoms with Crippen molar-refractivity contribution in [2.75, 3.05) is 5.32 Å². The average Bonchev–Trinajstić information content (AvgIpc) is 2.80. The molecule has 1 N–H and O–H groups in total. The summed E-state index contributed by atoms with van der Waals surface area (Å²) in [7, 11) is 0. The van der Waals surface area contributed by atoms with Crippen LogP contribution in [0.1, 0.15) is 16.8 Å². The Kier molecular flexibility index (Phi) is 5.77. The molecule has 4 rings (SSSR count). The van der Waals surface area contributed by atoms with Gasteiger partial charge in [0.1, 0.15) is 5.82 Å². The molecule has 0 bridgehead atoms. The third-order valence-electron chi connectivity index (χ3n) is 4.77. The standard InChI is InChI=1S/C25H19N5O/c1-17-12-19(9-11-27-17)22-7-5-18(13-21(22)15-26)14-25(31)30-24-8-6-20(16-29-24)23-4-2-3-10-28-23/h2-13,16H,14H2,1H3,(H,29,30,31). The van der Waals surface area contributed by atoms with Gasteiger partial charge in [-0.25, -0.2) is 4.98 Å². The normalized spacial score (nSPS) is 10.3. The Balaban J connectivity index is 1.46. The minimum atomic E-state index is -0.200. The maximum atomic E-state index is 12.5. The van der Waals surface area contributed by atoms with Crippen LogP contribution in [-0.2, 0) is 11.2 Å². The Bertz CT molecular complexity index is 1260. The molecule has 0 aliphatic rings. The average molecular weight is 405 g/mol. The van der Waals surface area contributed by atoms with E-state index in [1.165, 1.54) is 0 Å². The lowest BCUT2D eigenvalue weighted by atomic mass is 9.97. The van der Waals surface area contributed by atoms with E-state index in [2.05, 4.69) is 26.3 Å². The van der Waals surface area contributed by atoms with Crippen LogP contribution in [0.25, 0.3) is 22.4 Å². The Morgan fingerprint density at radius 3 is 2.58 bits per heavy atom. The first-order chi connectivity index (χ1) is 15.1. The van der Waals surface area contributed by atoms with E-state index >= 15 is 0 Å². The minimum Gasteiger partial charge on any atom is -0.310 e. The number of benzene rings is 1. The molecule has 0 fully saturated rings. The van der Waals surface area contributed by atoms with Crippen molar-refractivity contribution < 1.29 is 4.79 Å². The highest BCUT2D eigenvalue weighted by Gasteiger charge is 2.10. The molecule has 6 heteroatoms. The number of nitrogens with one attached hydrogen (secondary N) is 1. The smallest absolute Gasteiger partial charge is 0.229 e. The SMILES string of the molecule is Cc1cc(-c2ccc(CC(=O)Nc3ccc(-c4ccccn4)cn3)cc2C#N)ccn1. The molecule has 0 atom stereocenters. The Labute approximate surface area is 180 Å². The van der Waals surface area contributed by atoms with E-state index in [1.807, 2.05) is 55.5 Å². The van der Waals surface area contributed by atoms with Crippen molar-refractivity contribution >= 4 is 11.7 Å². The third-order valence-corrected chi connectivity index (χ3v) is 4.77. The van der Waals surface area contributed by atoms with Gasteiger partial charge < -0.3 is 5.32 Å². The van der Waals surface area contributed by atoms with E-state index in [4.69, 9.17) is 0 Å². The monoisotopic (exact) mass is 405 g/mol. The van der Waals surface area contributed by atoms with Crippen molar-refractivity contribution in [3.8, 4) is 28.5 Å². The second kappa shape index (κ2) is 8.97. The number of amides is 1. The number of aromatic nitrogens is 3. The number of hydrogen-bond donors (Lipinski definition) is 1. The van der Waals surface area contributed by atoms with Crippen LogP contribution >= 0.6 is 0 Å². The van der Waals surface area contributed by atoms with Crippen molar-refractivity contribution in [3.05, 3.63) is 96.1 Å². The number of rotatable bonds is 5. The number of pyridine rings is 3. The lowest BCUT2D eigenvalue weighted by molar-refractivity contribution is -0.115. The second-order valence-electron chi connectivity index (χ2n) is 7.05. The number of hydrogen-bond acceptors (Lipinski definition) is 5. The molecule has 0 radical (unpaired) electrons. The second-order valence-corrected chi connectivity index (χ2v) is 7.05. The first-order valence-corrected chi connectivity index (χ1v) is 9.76. The van der Waals surface area contributed by atoms with Gasteiger partial charge in [0.25, 0.3) is 0 Å². The quantitative estimate of drug-likeness (QED) is 0.525. The molecule has 0 spiro atoms. The zero-order chi connectivity index (χ0) is 21.6. The fourth-order valence-electron chi connectivity index (χ4n) is 3.28. The molecule has 1 aromatic carbocycles. The van der Waals surface area contributed by atoms with Crippen molar-refractivity contribution in [2.45, 2.75) is 13.3 Å². The summed E-state index contributed by atoms with van der Waals surface area (Å²) in [6.45, 7) is 1.91. The third kappa shape index (κ3) is 4.80. The Hall–Kier alpha value is -4.37. The van der Waals surface area contributed by atoms with Gasteiger partial charge in [-0.2, -0.15) is 5.26 Å². The lowest BCUT2D eigenvalue weighted by Gasteiger charge is -2.09. The minimum absolute atomic E-state index is 0.147. The number of nitrogens with zero attached hydrogens (tertiary/aromatic N) is 4. The Morgan fingerprint density at radius 1 is 0.968 bits per heavy atom. The zero-order valence-electron chi connectivity index (χ0n) is 16.9. The molecule has 0 saturated carbocycles. The van der Waals surface area contributed by atoms with Crippen LogP contribution in [0.5, 0.6) is 0 Å². The molecule has 1 amide bonds. The van der Waals surface area contributed by atoms with Crippen molar-refractivity contribution in [2.24, 2.45) is 0 Å². The van der Waals surface area contributed by atoms with Crippen LogP contribution in [0.4, 0.5) is 5.82 Å². The molecule has 150 valence electrons. The summed E-state index contributed by atoms with van der Waals surface area (Å²) < 4.78 is 0. The molecule has 6 nitrogen and oxygen atoms in total. The topological polar surface area (TPSA) is 91.6 Å². The number of aryl methyl sites for hydroxylation is 1. The predicted molar refractivity (Wildman–Crippen MR) is 119 cm³/mol. The Morgan fingerprint density at radius 2 is 1.87 bits per heavy atom. The molecule has 4 aromatic rings. The number of nitriles is 1. The van der Waals surface area contributed by atoms with Gasteiger partial charge >= 0.3 is 0 Å². The van der Waals surface area contributed by atoms with Crippen LogP contribution in [0.15, 0.2) is 79.3 Å². The van der Waals surface area contributed by atoms with E-state index in [-0.39, 0.29) is 12.3 Å². The summed E-state index contributed by atoms with van der Waals surface area (Å²) >= 11 is 0. The molecule has 0 unspecified atom stereocenters. The number of anilines is 1. The molecule has 0 aliphatic carbocycles. The predicted octanol–water partition coefficient (Wildman–Crippen LogP) is 4.57. The summed E-state index contributed by atoms with van der Waals surface area (Å²) in [5.41, 5.74) is 5.61. The van der Waals surface area contributed by atoms with Crippen LogP contribution < -0.4 is 5.32 Å². The van der Waals surface area contributed by atoms with Gasteiger partial charge in [-0.3, -0.25) is 14.8 Å². The van der Waals surface area contributed by atoms with Crippen LogP contribution in [0.3, 0.4) is 0 Å². The highest BCUT2D eigenvalue weighted by molar-refractivity contribution is 5.91. The maximum Gasteiger partial charge on any atom is 0.229 e. The molecular formula is C25H19N5O. The molecular weight excluding hydrogens is 386 g/mol. The van der Waals surface area contributed by atoms with E-state index in [0.717, 1.165) is 33.6 Å². The van der Waals surface area contributed by atoms with Gasteiger partial charge in [0.2, 0.25) is 5.91 Å². The van der Waals surface area contributed by atoms with E-state index < -0.39 is 0 Å². The van der Waals surface area contributed by atoms with Gasteiger partial charge in [-0.05, 0) is 66.1 Å². The molecule has 3 heterocycles. The molecule has 3 aromatic heterocycles. The highest BCUT2D eigenvalue weighted by Crippen LogP contribution is 2.25. The molecule has 0 saturated heterocycles. The van der Waals surface area contributed by atoms with Gasteiger partial charge in [0.05, 0.1) is 23.7 Å². The summed E-state index contributed by atoms with van der Waals surface area (Å²) in [6, 6.07) is 20.8. The summed E-state index contributed by atoms with van der Waals surface area (Å²) in [6.07, 6.45) is 5.27. The van der Waals surface area contributed by atoms with Crippen LogP contribution in [0.2, 0.25) is 0 Å². The molecule has 0 aliphatic heterocycles. The fourth-order valence-corrected chi connectivity index (χ4v) is 3.28. The molecule has 31 heavy (non-hydrogen) atoms. The van der Waals surface area contributed by atoms with E-state index in [0.29, 0.717) is 11.4 Å². The van der Waals surface area contributed by atoms with Gasteiger partial charge in [0.15, 0.2) is 0 Å².